The highest BCUT2D eigenvalue weighted by molar-refractivity contribution is 6.32. The van der Waals surface area contributed by atoms with Crippen molar-refractivity contribution in [1.29, 1.82) is 0 Å². The highest BCUT2D eigenvalue weighted by Crippen LogP contribution is 2.39. The maximum atomic E-state index is 11.9. The molecule has 0 saturated carbocycles. The van der Waals surface area contributed by atoms with Crippen molar-refractivity contribution >= 4 is 23.7 Å². The van der Waals surface area contributed by atoms with Crippen LogP contribution in [0.2, 0.25) is 5.02 Å². The fraction of sp³-hybridized carbons (Fsp3) is 0.222. The smallest absolute Gasteiger partial charge is 0.277 e. The SMILES string of the molecule is Cc1cccc(C)c1OCC(=O)N/N=C\c1cc(Cl)c2c(c1)OCO2. The van der Waals surface area contributed by atoms with Crippen molar-refractivity contribution in [3.63, 3.8) is 0 Å². The van der Waals surface area contributed by atoms with E-state index in [1.807, 2.05) is 32.0 Å². The first-order chi connectivity index (χ1) is 12.0. The Balaban J connectivity index is 1.56. The predicted octanol–water partition coefficient (Wildman–Crippen LogP) is 3.21. The molecule has 3 rings (SSSR count). The molecule has 6 nitrogen and oxygen atoms in total. The van der Waals surface area contributed by atoms with Crippen molar-refractivity contribution in [3.05, 3.63) is 52.0 Å². The summed E-state index contributed by atoms with van der Waals surface area (Å²) < 4.78 is 16.1. The van der Waals surface area contributed by atoms with Crippen LogP contribution in [0.25, 0.3) is 0 Å². The quantitative estimate of drug-likeness (QED) is 0.656. The fourth-order valence-corrected chi connectivity index (χ4v) is 2.71. The molecule has 1 aliphatic heterocycles. The number of ether oxygens (including phenoxy) is 3. The number of nitrogens with one attached hydrogen (secondary N) is 1. The molecule has 25 heavy (non-hydrogen) atoms. The molecule has 0 unspecified atom stereocenters. The Labute approximate surface area is 150 Å². The van der Waals surface area contributed by atoms with E-state index in [0.29, 0.717) is 27.8 Å². The zero-order chi connectivity index (χ0) is 17.8. The van der Waals surface area contributed by atoms with Gasteiger partial charge in [-0.3, -0.25) is 4.79 Å². The number of rotatable bonds is 5. The standard InChI is InChI=1S/C18H17ClN2O4/c1-11-4-3-5-12(2)17(11)23-9-16(22)21-20-8-13-6-14(19)18-15(7-13)24-10-25-18/h3-8H,9-10H2,1-2H3,(H,21,22)/b20-8-. The van der Waals surface area contributed by atoms with Crippen LogP contribution in [-0.4, -0.2) is 25.5 Å². The number of carbonyl (C=O) groups is 1. The number of fused-ring (bicyclic) bond motifs is 1. The molecule has 0 aromatic heterocycles. The summed E-state index contributed by atoms with van der Waals surface area (Å²) in [4.78, 5) is 11.9. The van der Waals surface area contributed by atoms with Gasteiger partial charge in [0.1, 0.15) is 5.75 Å². The van der Waals surface area contributed by atoms with E-state index in [4.69, 9.17) is 25.8 Å². The monoisotopic (exact) mass is 360 g/mol. The second kappa shape index (κ2) is 7.44. The summed E-state index contributed by atoms with van der Waals surface area (Å²) in [5.41, 5.74) is 5.06. The fourth-order valence-electron chi connectivity index (χ4n) is 2.44. The van der Waals surface area contributed by atoms with Crippen LogP contribution in [0.1, 0.15) is 16.7 Å². The first kappa shape index (κ1) is 17.1. The second-order valence-electron chi connectivity index (χ2n) is 5.54. The molecule has 1 heterocycles. The van der Waals surface area contributed by atoms with Crippen molar-refractivity contribution in [2.24, 2.45) is 5.10 Å². The summed E-state index contributed by atoms with van der Waals surface area (Å²) >= 11 is 6.09. The summed E-state index contributed by atoms with van der Waals surface area (Å²) in [7, 11) is 0. The largest absolute Gasteiger partial charge is 0.483 e. The zero-order valence-electron chi connectivity index (χ0n) is 13.8. The van der Waals surface area contributed by atoms with Gasteiger partial charge in [0, 0.05) is 0 Å². The molecule has 0 atom stereocenters. The van der Waals surface area contributed by atoms with Gasteiger partial charge in [-0.1, -0.05) is 29.8 Å². The number of benzene rings is 2. The van der Waals surface area contributed by atoms with Gasteiger partial charge in [0.25, 0.3) is 5.91 Å². The lowest BCUT2D eigenvalue weighted by atomic mass is 10.1. The van der Waals surface area contributed by atoms with Crippen molar-refractivity contribution in [1.82, 2.24) is 5.43 Å². The number of aryl methyl sites for hydroxylation is 2. The molecule has 0 fully saturated rings. The van der Waals surface area contributed by atoms with Crippen molar-refractivity contribution in [3.8, 4) is 17.2 Å². The molecular formula is C18H17ClN2O4. The zero-order valence-corrected chi connectivity index (χ0v) is 14.6. The lowest BCUT2D eigenvalue weighted by Crippen LogP contribution is -2.25. The number of halogens is 1. The first-order valence-electron chi connectivity index (χ1n) is 7.64. The Bertz CT molecular complexity index is 816. The molecule has 1 N–H and O–H groups in total. The normalized spacial score (nSPS) is 12.4. The average Bonchev–Trinajstić information content (AvgIpc) is 3.03. The number of hydrogen-bond acceptors (Lipinski definition) is 5. The third-order valence-corrected chi connectivity index (χ3v) is 3.89. The summed E-state index contributed by atoms with van der Waals surface area (Å²) in [5, 5.41) is 4.34. The molecule has 0 spiro atoms. The molecule has 1 amide bonds. The Kier molecular flexibility index (Phi) is 5.09. The minimum absolute atomic E-state index is 0.120. The van der Waals surface area contributed by atoms with Gasteiger partial charge in [0.05, 0.1) is 11.2 Å². The lowest BCUT2D eigenvalue weighted by Gasteiger charge is -2.10. The lowest BCUT2D eigenvalue weighted by molar-refractivity contribution is -0.123. The van der Waals surface area contributed by atoms with Gasteiger partial charge in [0.2, 0.25) is 6.79 Å². The minimum atomic E-state index is -0.356. The number of hydrazone groups is 1. The van der Waals surface area contributed by atoms with Gasteiger partial charge in [-0.15, -0.1) is 0 Å². The molecule has 0 saturated heterocycles. The molecule has 0 radical (unpaired) electrons. The Morgan fingerprint density at radius 1 is 1.32 bits per heavy atom. The molecule has 2 aromatic rings. The number of para-hydroxylation sites is 1. The van der Waals surface area contributed by atoms with Crippen LogP contribution >= 0.6 is 11.6 Å². The van der Waals surface area contributed by atoms with Gasteiger partial charge in [0.15, 0.2) is 18.1 Å². The molecular weight excluding hydrogens is 344 g/mol. The van der Waals surface area contributed by atoms with Gasteiger partial charge in [-0.05, 0) is 42.7 Å². The third-order valence-electron chi connectivity index (χ3n) is 3.61. The van der Waals surface area contributed by atoms with Crippen molar-refractivity contribution in [2.45, 2.75) is 13.8 Å². The highest BCUT2D eigenvalue weighted by Gasteiger charge is 2.17. The van der Waals surface area contributed by atoms with Crippen LogP contribution in [0.5, 0.6) is 17.2 Å². The summed E-state index contributed by atoms with van der Waals surface area (Å²) in [6, 6.07) is 9.22. The van der Waals surface area contributed by atoms with E-state index in [1.165, 1.54) is 6.21 Å². The predicted molar refractivity (Wildman–Crippen MR) is 94.7 cm³/mol. The van der Waals surface area contributed by atoms with E-state index >= 15 is 0 Å². The number of nitrogens with zero attached hydrogens (tertiary/aromatic N) is 1. The molecule has 1 aliphatic rings. The van der Waals surface area contributed by atoms with Crippen molar-refractivity contribution < 1.29 is 19.0 Å². The average molecular weight is 361 g/mol. The number of hydrogen-bond donors (Lipinski definition) is 1. The van der Waals surface area contributed by atoms with E-state index in [9.17, 15) is 4.79 Å². The highest BCUT2D eigenvalue weighted by atomic mass is 35.5. The third kappa shape index (κ3) is 4.03. The molecule has 130 valence electrons. The second-order valence-corrected chi connectivity index (χ2v) is 5.95. The van der Waals surface area contributed by atoms with Crippen LogP contribution in [0.3, 0.4) is 0 Å². The molecule has 2 aromatic carbocycles. The Morgan fingerprint density at radius 2 is 2.08 bits per heavy atom. The van der Waals surface area contributed by atoms with Crippen LogP contribution < -0.4 is 19.6 Å². The first-order valence-corrected chi connectivity index (χ1v) is 8.02. The molecule has 7 heteroatoms. The Hall–Kier alpha value is -2.73. The van der Waals surface area contributed by atoms with Gasteiger partial charge in [-0.2, -0.15) is 5.10 Å². The number of amides is 1. The Morgan fingerprint density at radius 3 is 2.84 bits per heavy atom. The van der Waals surface area contributed by atoms with E-state index in [1.54, 1.807) is 12.1 Å². The van der Waals surface area contributed by atoms with Crippen LogP contribution in [0, 0.1) is 13.8 Å². The van der Waals surface area contributed by atoms with Gasteiger partial charge >= 0.3 is 0 Å². The summed E-state index contributed by atoms with van der Waals surface area (Å²) in [6.07, 6.45) is 1.48. The minimum Gasteiger partial charge on any atom is -0.483 e. The maximum absolute atomic E-state index is 11.9. The van der Waals surface area contributed by atoms with Gasteiger partial charge < -0.3 is 14.2 Å². The molecule has 0 bridgehead atoms. The van der Waals surface area contributed by atoms with Crippen LogP contribution in [-0.2, 0) is 4.79 Å². The van der Waals surface area contributed by atoms with Crippen LogP contribution in [0.15, 0.2) is 35.4 Å². The topological polar surface area (TPSA) is 69.2 Å². The van der Waals surface area contributed by atoms with Crippen LogP contribution in [0.4, 0.5) is 0 Å². The van der Waals surface area contributed by atoms with Gasteiger partial charge in [-0.25, -0.2) is 5.43 Å². The van der Waals surface area contributed by atoms with E-state index in [2.05, 4.69) is 10.5 Å². The van der Waals surface area contributed by atoms with E-state index in [0.717, 1.165) is 11.1 Å². The molecule has 0 aliphatic carbocycles. The van der Waals surface area contributed by atoms with Crippen molar-refractivity contribution in [2.75, 3.05) is 13.4 Å². The summed E-state index contributed by atoms with van der Waals surface area (Å²) in [5.74, 6) is 1.43. The maximum Gasteiger partial charge on any atom is 0.277 e. The van der Waals surface area contributed by atoms with E-state index < -0.39 is 0 Å². The number of carbonyl (C=O) groups excluding carboxylic acids is 1. The summed E-state index contributed by atoms with van der Waals surface area (Å²) in [6.45, 7) is 3.89. The van der Waals surface area contributed by atoms with E-state index in [-0.39, 0.29) is 19.3 Å².